The maximum atomic E-state index is 14.3. The SMILES string of the molecule is O=C1SCCN(C(=O)c2oc3ccncc3c2Nc2ccc(I)cc2F)C1=O. The van der Waals surface area contributed by atoms with Gasteiger partial charge in [0.1, 0.15) is 17.1 Å². The Morgan fingerprint density at radius 1 is 1.32 bits per heavy atom. The Morgan fingerprint density at radius 2 is 2.14 bits per heavy atom. The van der Waals surface area contributed by atoms with E-state index in [2.05, 4.69) is 10.3 Å². The molecule has 10 heteroatoms. The molecule has 0 bridgehead atoms. The molecule has 1 aliphatic rings. The molecule has 0 saturated carbocycles. The van der Waals surface area contributed by atoms with Crippen LogP contribution in [0.15, 0.2) is 41.1 Å². The van der Waals surface area contributed by atoms with Crippen LogP contribution < -0.4 is 5.32 Å². The number of carbonyl (C=O) groups excluding carboxylic acids is 3. The van der Waals surface area contributed by atoms with Crippen LogP contribution in [0.5, 0.6) is 0 Å². The van der Waals surface area contributed by atoms with Gasteiger partial charge in [-0.15, -0.1) is 0 Å². The third-order valence-electron chi connectivity index (χ3n) is 4.09. The van der Waals surface area contributed by atoms with Gasteiger partial charge in [-0.25, -0.2) is 4.39 Å². The quantitative estimate of drug-likeness (QED) is 0.327. The first-order valence-electron chi connectivity index (χ1n) is 8.07. The number of carbonyl (C=O) groups is 3. The summed E-state index contributed by atoms with van der Waals surface area (Å²) >= 11 is 2.86. The zero-order valence-electron chi connectivity index (χ0n) is 14.1. The topological polar surface area (TPSA) is 92.5 Å². The van der Waals surface area contributed by atoms with Crippen molar-refractivity contribution in [1.29, 1.82) is 0 Å². The smallest absolute Gasteiger partial charge is 0.308 e. The number of anilines is 2. The molecule has 3 heterocycles. The van der Waals surface area contributed by atoms with Crippen molar-refractivity contribution in [2.24, 2.45) is 0 Å². The van der Waals surface area contributed by atoms with E-state index in [0.29, 0.717) is 20.3 Å². The molecule has 0 radical (unpaired) electrons. The van der Waals surface area contributed by atoms with Crippen molar-refractivity contribution in [2.75, 3.05) is 17.6 Å². The first kappa shape index (κ1) is 18.9. The van der Waals surface area contributed by atoms with Gasteiger partial charge in [-0.2, -0.15) is 0 Å². The van der Waals surface area contributed by atoms with E-state index < -0.39 is 22.7 Å². The molecular weight excluding hydrogens is 500 g/mol. The Labute approximate surface area is 175 Å². The number of rotatable bonds is 3. The predicted molar refractivity (Wildman–Crippen MR) is 110 cm³/mol. The van der Waals surface area contributed by atoms with E-state index in [-0.39, 0.29) is 23.7 Å². The molecule has 1 aliphatic heterocycles. The number of pyridine rings is 1. The van der Waals surface area contributed by atoms with E-state index in [1.54, 1.807) is 12.1 Å². The molecule has 0 unspecified atom stereocenters. The van der Waals surface area contributed by atoms with Gasteiger partial charge in [0.15, 0.2) is 0 Å². The number of nitrogens with one attached hydrogen (secondary N) is 1. The fourth-order valence-corrected chi connectivity index (χ4v) is 3.91. The van der Waals surface area contributed by atoms with E-state index in [4.69, 9.17) is 4.42 Å². The monoisotopic (exact) mass is 511 g/mol. The van der Waals surface area contributed by atoms with Crippen molar-refractivity contribution >= 4 is 73.6 Å². The lowest BCUT2D eigenvalue weighted by atomic mass is 10.2. The van der Waals surface area contributed by atoms with E-state index >= 15 is 0 Å². The summed E-state index contributed by atoms with van der Waals surface area (Å²) in [6.45, 7) is 0.0840. The number of imide groups is 1. The molecule has 142 valence electrons. The molecule has 3 aromatic rings. The van der Waals surface area contributed by atoms with E-state index in [1.807, 2.05) is 22.6 Å². The summed E-state index contributed by atoms with van der Waals surface area (Å²) in [5.41, 5.74) is 0.668. The highest BCUT2D eigenvalue weighted by Crippen LogP contribution is 2.35. The first-order chi connectivity index (χ1) is 13.5. The van der Waals surface area contributed by atoms with Gasteiger partial charge in [-0.3, -0.25) is 24.3 Å². The Kier molecular flexibility index (Phi) is 5.06. The number of fused-ring (bicyclic) bond motifs is 1. The minimum absolute atomic E-state index is 0.0840. The Bertz CT molecular complexity index is 1130. The maximum Gasteiger partial charge on any atom is 0.308 e. The Morgan fingerprint density at radius 3 is 2.93 bits per heavy atom. The van der Waals surface area contributed by atoms with Crippen LogP contribution >= 0.6 is 34.4 Å². The normalized spacial score (nSPS) is 14.6. The Hall–Kier alpha value is -2.47. The lowest BCUT2D eigenvalue weighted by molar-refractivity contribution is -0.138. The third kappa shape index (κ3) is 3.37. The number of amides is 2. The van der Waals surface area contributed by atoms with Gasteiger partial charge in [0.25, 0.3) is 11.0 Å². The molecule has 4 rings (SSSR count). The number of nitrogens with zero attached hydrogens (tertiary/aromatic N) is 2. The fraction of sp³-hybridized carbons (Fsp3) is 0.111. The minimum atomic E-state index is -0.897. The van der Waals surface area contributed by atoms with Gasteiger partial charge >= 0.3 is 5.91 Å². The van der Waals surface area contributed by atoms with E-state index in [9.17, 15) is 18.8 Å². The standard InChI is InChI=1S/C18H11FIN3O4S/c19-11-7-9(20)1-2-12(11)22-14-10-8-21-4-3-13(10)27-15(14)16(24)23-5-6-28-18(26)17(23)25/h1-4,7-8,22H,5-6H2. The van der Waals surface area contributed by atoms with Crippen molar-refractivity contribution in [2.45, 2.75) is 0 Å². The lowest BCUT2D eigenvalue weighted by Crippen LogP contribution is -2.45. The summed E-state index contributed by atoms with van der Waals surface area (Å²) in [6, 6.07) is 6.14. The van der Waals surface area contributed by atoms with Gasteiger partial charge in [0.05, 0.1) is 11.1 Å². The van der Waals surface area contributed by atoms with Gasteiger partial charge in [-0.05, 0) is 46.9 Å². The molecule has 28 heavy (non-hydrogen) atoms. The minimum Gasteiger partial charge on any atom is -0.448 e. The van der Waals surface area contributed by atoms with Crippen molar-refractivity contribution in [1.82, 2.24) is 9.88 Å². The summed E-state index contributed by atoms with van der Waals surface area (Å²) in [5.74, 6) is -2.04. The molecule has 1 N–H and O–H groups in total. The zero-order valence-corrected chi connectivity index (χ0v) is 17.0. The Balaban J connectivity index is 1.80. The summed E-state index contributed by atoms with van der Waals surface area (Å²) in [7, 11) is 0. The van der Waals surface area contributed by atoms with Crippen LogP contribution in [0, 0.1) is 9.39 Å². The van der Waals surface area contributed by atoms with Crippen LogP contribution in [0.3, 0.4) is 0 Å². The number of furan rings is 1. The zero-order chi connectivity index (χ0) is 19.8. The van der Waals surface area contributed by atoms with Crippen molar-refractivity contribution in [3.8, 4) is 0 Å². The molecule has 1 saturated heterocycles. The van der Waals surface area contributed by atoms with Gasteiger partial charge < -0.3 is 9.73 Å². The van der Waals surface area contributed by atoms with Crippen LogP contribution in [0.2, 0.25) is 0 Å². The number of halogens is 2. The second-order valence-corrected chi connectivity index (χ2v) is 8.14. The van der Waals surface area contributed by atoms with Gasteiger partial charge in [0, 0.05) is 28.3 Å². The number of hydrogen-bond donors (Lipinski definition) is 1. The van der Waals surface area contributed by atoms with E-state index in [1.165, 1.54) is 24.5 Å². The summed E-state index contributed by atoms with van der Waals surface area (Å²) in [6.07, 6.45) is 2.96. The summed E-state index contributed by atoms with van der Waals surface area (Å²) < 4.78 is 20.7. The van der Waals surface area contributed by atoms with Crippen molar-refractivity contribution < 1.29 is 23.2 Å². The largest absolute Gasteiger partial charge is 0.448 e. The number of benzene rings is 1. The highest BCUT2D eigenvalue weighted by molar-refractivity contribution is 14.1. The average Bonchev–Trinajstić information content (AvgIpc) is 3.04. The van der Waals surface area contributed by atoms with Crippen LogP contribution in [0.25, 0.3) is 11.0 Å². The summed E-state index contributed by atoms with van der Waals surface area (Å²) in [5, 5.41) is 2.63. The van der Waals surface area contributed by atoms with Crippen LogP contribution in [-0.2, 0) is 9.59 Å². The lowest BCUT2D eigenvalue weighted by Gasteiger charge is -2.22. The highest BCUT2D eigenvalue weighted by Gasteiger charge is 2.35. The number of hydrogen-bond acceptors (Lipinski definition) is 7. The average molecular weight is 511 g/mol. The molecule has 2 aromatic heterocycles. The molecule has 1 fully saturated rings. The molecule has 1 aromatic carbocycles. The van der Waals surface area contributed by atoms with Crippen molar-refractivity contribution in [3.05, 3.63) is 51.8 Å². The molecular formula is C18H11FIN3O4S. The highest BCUT2D eigenvalue weighted by atomic mass is 127. The molecule has 0 atom stereocenters. The second-order valence-electron chi connectivity index (χ2n) is 5.83. The molecule has 2 amide bonds. The predicted octanol–water partition coefficient (Wildman–Crippen LogP) is 3.56. The third-order valence-corrected chi connectivity index (χ3v) is 5.58. The molecule has 7 nitrogen and oxygen atoms in total. The van der Waals surface area contributed by atoms with Gasteiger partial charge in [0.2, 0.25) is 5.76 Å². The maximum absolute atomic E-state index is 14.3. The number of thioether (sulfide) groups is 1. The summed E-state index contributed by atoms with van der Waals surface area (Å²) in [4.78, 5) is 41.6. The second kappa shape index (κ2) is 7.51. The van der Waals surface area contributed by atoms with Crippen LogP contribution in [0.4, 0.5) is 15.8 Å². The molecule has 0 aliphatic carbocycles. The van der Waals surface area contributed by atoms with Crippen LogP contribution in [0.1, 0.15) is 10.6 Å². The first-order valence-corrected chi connectivity index (χ1v) is 10.1. The number of aromatic nitrogens is 1. The molecule has 0 spiro atoms. The fourth-order valence-electron chi connectivity index (χ4n) is 2.76. The van der Waals surface area contributed by atoms with E-state index in [0.717, 1.165) is 16.7 Å². The van der Waals surface area contributed by atoms with Crippen molar-refractivity contribution in [3.63, 3.8) is 0 Å². The van der Waals surface area contributed by atoms with Crippen LogP contribution in [-0.4, -0.2) is 39.1 Å². The van der Waals surface area contributed by atoms with Gasteiger partial charge in [-0.1, -0.05) is 11.8 Å².